The van der Waals surface area contributed by atoms with Crippen molar-refractivity contribution >= 4 is 0 Å². The van der Waals surface area contributed by atoms with Gasteiger partial charge in [0.25, 0.3) is 0 Å². The topological polar surface area (TPSA) is 38.7 Å². The molecule has 0 saturated heterocycles. The molecule has 0 aliphatic carbocycles. The summed E-state index contributed by atoms with van der Waals surface area (Å²) in [5, 5.41) is 8.85. The minimum absolute atomic E-state index is 0.0228. The van der Waals surface area contributed by atoms with Gasteiger partial charge in [-0.15, -0.1) is 0 Å². The Hall–Kier alpha value is -0.120. The van der Waals surface area contributed by atoms with Crippen LogP contribution >= 0.6 is 0 Å². The smallest absolute Gasteiger partial charge is 0.106 e. The average molecular weight is 162 g/mol. The maximum atomic E-state index is 8.85. The van der Waals surface area contributed by atoms with Gasteiger partial charge < -0.3 is 14.6 Å². The molecule has 3 nitrogen and oxygen atoms in total. The van der Waals surface area contributed by atoms with E-state index in [1.54, 1.807) is 0 Å². The fraction of sp³-hybridized carbons (Fsp3) is 1.00. The lowest BCUT2D eigenvalue weighted by Gasteiger charge is -2.21. The Morgan fingerprint density at radius 2 is 1.73 bits per heavy atom. The van der Waals surface area contributed by atoms with Gasteiger partial charge >= 0.3 is 0 Å². The first-order chi connectivity index (χ1) is 5.26. The lowest BCUT2D eigenvalue weighted by Crippen LogP contribution is -2.32. The zero-order chi connectivity index (χ0) is 8.69. The van der Waals surface area contributed by atoms with Crippen molar-refractivity contribution in [1.29, 1.82) is 0 Å². The first-order valence-corrected chi connectivity index (χ1v) is 4.10. The van der Waals surface area contributed by atoms with Gasteiger partial charge in [0.1, 0.15) is 6.10 Å². The second-order valence-corrected chi connectivity index (χ2v) is 2.34. The summed E-state index contributed by atoms with van der Waals surface area (Å²) in [7, 11) is 0. The summed E-state index contributed by atoms with van der Waals surface area (Å²) >= 11 is 0. The van der Waals surface area contributed by atoms with Crippen LogP contribution in [0.3, 0.4) is 0 Å². The zero-order valence-electron chi connectivity index (χ0n) is 7.54. The molecule has 2 unspecified atom stereocenters. The van der Waals surface area contributed by atoms with Crippen LogP contribution in [0.1, 0.15) is 20.8 Å². The molecule has 0 heterocycles. The zero-order valence-corrected chi connectivity index (χ0v) is 7.54. The molecular formula is C8H18O3. The van der Waals surface area contributed by atoms with Crippen LogP contribution in [-0.4, -0.2) is 37.1 Å². The van der Waals surface area contributed by atoms with Crippen molar-refractivity contribution in [2.24, 2.45) is 0 Å². The third kappa shape index (κ3) is 4.35. The summed E-state index contributed by atoms with van der Waals surface area (Å²) in [4.78, 5) is 0. The van der Waals surface area contributed by atoms with Gasteiger partial charge in [-0.05, 0) is 20.8 Å². The molecule has 0 spiro atoms. The van der Waals surface area contributed by atoms with Gasteiger partial charge in [0.2, 0.25) is 0 Å². The second-order valence-electron chi connectivity index (χ2n) is 2.34. The van der Waals surface area contributed by atoms with Gasteiger partial charge in [-0.25, -0.2) is 0 Å². The molecule has 0 saturated carbocycles. The van der Waals surface area contributed by atoms with Crippen LogP contribution in [0, 0.1) is 0 Å². The molecule has 0 aromatic carbocycles. The highest BCUT2D eigenvalue weighted by Crippen LogP contribution is 2.02. The fourth-order valence-corrected chi connectivity index (χ4v) is 0.921. The van der Waals surface area contributed by atoms with Crippen LogP contribution < -0.4 is 0 Å². The largest absolute Gasteiger partial charge is 0.394 e. The molecule has 0 fully saturated rings. The third-order valence-electron chi connectivity index (χ3n) is 1.51. The summed E-state index contributed by atoms with van der Waals surface area (Å²) in [5.74, 6) is 0. The Morgan fingerprint density at radius 3 is 2.09 bits per heavy atom. The van der Waals surface area contributed by atoms with E-state index in [1.165, 1.54) is 0 Å². The van der Waals surface area contributed by atoms with Crippen LogP contribution in [0.5, 0.6) is 0 Å². The van der Waals surface area contributed by atoms with Crippen molar-refractivity contribution in [3.05, 3.63) is 0 Å². The lowest BCUT2D eigenvalue weighted by atomic mass is 10.2. The Balaban J connectivity index is 3.61. The van der Waals surface area contributed by atoms with Crippen LogP contribution in [0.4, 0.5) is 0 Å². The summed E-state index contributed by atoms with van der Waals surface area (Å²) < 4.78 is 10.5. The Labute approximate surface area is 68.3 Å². The molecule has 2 atom stereocenters. The first-order valence-electron chi connectivity index (χ1n) is 4.10. The van der Waals surface area contributed by atoms with Crippen LogP contribution in [0.15, 0.2) is 0 Å². The molecule has 11 heavy (non-hydrogen) atoms. The Bertz CT molecular complexity index is 85.4. The highest BCUT2D eigenvalue weighted by atomic mass is 16.5. The van der Waals surface area contributed by atoms with Gasteiger partial charge in [-0.2, -0.15) is 0 Å². The molecule has 0 rings (SSSR count). The molecule has 0 aliphatic heterocycles. The number of ether oxygens (including phenoxy) is 2. The fourth-order valence-electron chi connectivity index (χ4n) is 0.921. The minimum Gasteiger partial charge on any atom is -0.394 e. The maximum Gasteiger partial charge on any atom is 0.106 e. The third-order valence-corrected chi connectivity index (χ3v) is 1.51. The number of hydrogen-bond donors (Lipinski definition) is 1. The normalized spacial score (nSPS) is 16.4. The molecule has 0 aliphatic rings. The van der Waals surface area contributed by atoms with Crippen molar-refractivity contribution in [2.45, 2.75) is 33.0 Å². The predicted molar refractivity (Wildman–Crippen MR) is 43.6 cm³/mol. The summed E-state index contributed by atoms with van der Waals surface area (Å²) in [6, 6.07) is 0. The maximum absolute atomic E-state index is 8.85. The first kappa shape index (κ1) is 10.9. The quantitative estimate of drug-likeness (QED) is 0.628. The van der Waals surface area contributed by atoms with Gasteiger partial charge in [0.15, 0.2) is 0 Å². The van der Waals surface area contributed by atoms with E-state index in [9.17, 15) is 0 Å². The summed E-state index contributed by atoms with van der Waals surface area (Å²) in [5.41, 5.74) is 0. The predicted octanol–water partition coefficient (Wildman–Crippen LogP) is 0.809. The molecule has 0 amide bonds. The molecule has 68 valence electrons. The van der Waals surface area contributed by atoms with Crippen molar-refractivity contribution in [1.82, 2.24) is 0 Å². The lowest BCUT2D eigenvalue weighted by molar-refractivity contribution is -0.0789. The number of hydrogen-bond acceptors (Lipinski definition) is 3. The van der Waals surface area contributed by atoms with Gasteiger partial charge in [-0.1, -0.05) is 0 Å². The van der Waals surface area contributed by atoms with E-state index < -0.39 is 0 Å². The van der Waals surface area contributed by atoms with Crippen molar-refractivity contribution in [3.8, 4) is 0 Å². The second kappa shape index (κ2) is 6.58. The SMILES string of the molecule is CCOC(C)C(CO)OCC. The van der Waals surface area contributed by atoms with E-state index >= 15 is 0 Å². The van der Waals surface area contributed by atoms with Gasteiger partial charge in [0.05, 0.1) is 12.7 Å². The number of aliphatic hydroxyl groups is 1. The number of rotatable bonds is 6. The highest BCUT2D eigenvalue weighted by molar-refractivity contribution is 4.64. The van der Waals surface area contributed by atoms with E-state index in [4.69, 9.17) is 14.6 Å². The van der Waals surface area contributed by atoms with Crippen LogP contribution in [0.25, 0.3) is 0 Å². The highest BCUT2D eigenvalue weighted by Gasteiger charge is 2.15. The molecule has 0 aromatic rings. The van der Waals surface area contributed by atoms with E-state index in [2.05, 4.69) is 0 Å². The molecule has 0 radical (unpaired) electrons. The monoisotopic (exact) mass is 162 g/mol. The van der Waals surface area contributed by atoms with Crippen molar-refractivity contribution in [3.63, 3.8) is 0 Å². The average Bonchev–Trinajstić information content (AvgIpc) is 2.00. The Morgan fingerprint density at radius 1 is 1.18 bits per heavy atom. The van der Waals surface area contributed by atoms with E-state index in [0.717, 1.165) is 0 Å². The van der Waals surface area contributed by atoms with E-state index in [-0.39, 0.29) is 18.8 Å². The standard InChI is InChI=1S/C8H18O3/c1-4-10-7(3)8(6-9)11-5-2/h7-9H,4-6H2,1-3H3. The molecular weight excluding hydrogens is 144 g/mol. The van der Waals surface area contributed by atoms with Gasteiger partial charge in [-0.3, -0.25) is 0 Å². The number of aliphatic hydroxyl groups excluding tert-OH is 1. The van der Waals surface area contributed by atoms with E-state index in [1.807, 2.05) is 20.8 Å². The summed E-state index contributed by atoms with van der Waals surface area (Å²) in [6.45, 7) is 7.03. The van der Waals surface area contributed by atoms with Crippen molar-refractivity contribution < 1.29 is 14.6 Å². The molecule has 3 heteroatoms. The van der Waals surface area contributed by atoms with E-state index in [0.29, 0.717) is 13.2 Å². The van der Waals surface area contributed by atoms with Crippen LogP contribution in [0.2, 0.25) is 0 Å². The molecule has 0 bridgehead atoms. The summed E-state index contributed by atoms with van der Waals surface area (Å²) in [6.07, 6.45) is -0.204. The Kier molecular flexibility index (Phi) is 6.51. The molecule has 0 aromatic heterocycles. The van der Waals surface area contributed by atoms with Gasteiger partial charge in [0, 0.05) is 13.2 Å². The minimum atomic E-state index is -0.181. The van der Waals surface area contributed by atoms with Crippen molar-refractivity contribution in [2.75, 3.05) is 19.8 Å². The molecule has 1 N–H and O–H groups in total. The van der Waals surface area contributed by atoms with Crippen LogP contribution in [-0.2, 0) is 9.47 Å².